The number of alkyl halides is 2. The van der Waals surface area contributed by atoms with Crippen LogP contribution in [0.3, 0.4) is 0 Å². The van der Waals surface area contributed by atoms with Crippen molar-refractivity contribution in [1.82, 2.24) is 4.90 Å². The van der Waals surface area contributed by atoms with Gasteiger partial charge in [0.2, 0.25) is 0 Å². The molecule has 12 heavy (non-hydrogen) atoms. The first-order valence-electron chi connectivity index (χ1n) is 3.30. The molecule has 1 amide bonds. The van der Waals surface area contributed by atoms with Crippen LogP contribution in [-0.2, 0) is 4.79 Å². The molecule has 0 bridgehead atoms. The fraction of sp³-hybridized carbons (Fsp3) is 0.714. The second-order valence-electron chi connectivity index (χ2n) is 2.87. The maximum atomic E-state index is 11.8. The Morgan fingerprint density at radius 2 is 2.00 bits per heavy atom. The van der Waals surface area contributed by atoms with Gasteiger partial charge in [-0.25, -0.2) is 0 Å². The molecular weight excluding hydrogens is 166 g/mol. The molecule has 0 fully saturated rings. The smallest absolute Gasteiger partial charge is 0.315 e. The summed E-state index contributed by atoms with van der Waals surface area (Å²) in [5.74, 6) is -1.33. The van der Waals surface area contributed by atoms with Crippen molar-refractivity contribution in [3.63, 3.8) is 0 Å². The van der Waals surface area contributed by atoms with E-state index in [1.807, 2.05) is 0 Å². The van der Waals surface area contributed by atoms with Crippen molar-refractivity contribution in [2.24, 2.45) is 0 Å². The van der Waals surface area contributed by atoms with Gasteiger partial charge in [-0.3, -0.25) is 4.79 Å². The molecule has 0 atom stereocenters. The Kier molecular flexibility index (Phi) is 3.14. The van der Waals surface area contributed by atoms with Crippen LogP contribution in [0.4, 0.5) is 8.78 Å². The zero-order valence-electron chi connectivity index (χ0n) is 7.14. The molecule has 0 N–H and O–H groups in total. The Morgan fingerprint density at radius 1 is 1.58 bits per heavy atom. The maximum Gasteiger partial charge on any atom is 0.315 e. The fourth-order valence-electron chi connectivity index (χ4n) is 0.497. The average Bonchev–Trinajstić information content (AvgIpc) is 2.01. The Balaban J connectivity index is 4.52. The minimum atomic E-state index is -3.05. The van der Waals surface area contributed by atoms with Gasteiger partial charge in [-0.05, 0) is 13.8 Å². The molecule has 0 spiro atoms. The minimum Gasteiger partial charge on any atom is -0.323 e. The first-order valence-corrected chi connectivity index (χ1v) is 3.30. The van der Waals surface area contributed by atoms with Crippen LogP contribution < -0.4 is 0 Å². The van der Waals surface area contributed by atoms with Crippen molar-refractivity contribution in [2.75, 3.05) is 7.05 Å². The lowest BCUT2D eigenvalue weighted by molar-refractivity contribution is -0.144. The molecule has 0 aliphatic carbocycles. The van der Waals surface area contributed by atoms with Crippen LogP contribution in [0.2, 0.25) is 0 Å². The highest BCUT2D eigenvalue weighted by Crippen LogP contribution is 2.13. The number of hydrogen-bond donors (Lipinski definition) is 0. The Labute approximate surface area is 69.6 Å². The monoisotopic (exact) mass is 176 g/mol. The van der Waals surface area contributed by atoms with E-state index in [-0.39, 0.29) is 0 Å². The van der Waals surface area contributed by atoms with Gasteiger partial charge in [0.05, 0.1) is 6.07 Å². The van der Waals surface area contributed by atoms with Crippen LogP contribution in [0.25, 0.3) is 0 Å². The van der Waals surface area contributed by atoms with Crippen molar-refractivity contribution >= 4 is 5.91 Å². The summed E-state index contributed by atoms with van der Waals surface area (Å²) >= 11 is 0. The summed E-state index contributed by atoms with van der Waals surface area (Å²) < 4.78 is 23.7. The third-order valence-electron chi connectivity index (χ3n) is 1.63. The summed E-state index contributed by atoms with van der Waals surface area (Å²) in [6, 6.07) is 1.75. The first kappa shape index (κ1) is 10.8. The zero-order chi connectivity index (χ0) is 9.94. The maximum absolute atomic E-state index is 11.8. The molecule has 0 heterocycles. The van der Waals surface area contributed by atoms with E-state index < -0.39 is 17.9 Å². The molecule has 68 valence electrons. The molecule has 0 aromatic rings. The van der Waals surface area contributed by atoms with Crippen LogP contribution in [0.15, 0.2) is 0 Å². The van der Waals surface area contributed by atoms with Crippen LogP contribution in [0.5, 0.6) is 0 Å². The normalized spacial score (nSPS) is 11.1. The van der Waals surface area contributed by atoms with E-state index in [9.17, 15) is 13.6 Å². The molecule has 0 rings (SSSR count). The highest BCUT2D eigenvalue weighted by Gasteiger charge is 2.31. The SMILES string of the molecule is CN(C(=O)C(F)F)C(C)(C)C#N. The highest BCUT2D eigenvalue weighted by atomic mass is 19.3. The van der Waals surface area contributed by atoms with Gasteiger partial charge in [-0.15, -0.1) is 0 Å². The lowest BCUT2D eigenvalue weighted by Crippen LogP contribution is -2.46. The van der Waals surface area contributed by atoms with E-state index >= 15 is 0 Å². The van der Waals surface area contributed by atoms with Crippen LogP contribution in [0, 0.1) is 11.3 Å². The first-order chi connectivity index (χ1) is 5.33. The predicted molar refractivity (Wildman–Crippen MR) is 38.5 cm³/mol. The summed E-state index contributed by atoms with van der Waals surface area (Å²) in [6.45, 7) is 2.79. The molecule has 3 nitrogen and oxygen atoms in total. The highest BCUT2D eigenvalue weighted by molar-refractivity contribution is 5.80. The number of carbonyl (C=O) groups excluding carboxylic acids is 1. The van der Waals surface area contributed by atoms with Gasteiger partial charge in [-0.2, -0.15) is 14.0 Å². The Morgan fingerprint density at radius 3 is 2.25 bits per heavy atom. The molecule has 0 aromatic carbocycles. The molecule has 5 heteroatoms. The fourth-order valence-corrected chi connectivity index (χ4v) is 0.497. The van der Waals surface area contributed by atoms with Crippen molar-refractivity contribution in [3.05, 3.63) is 0 Å². The van der Waals surface area contributed by atoms with Gasteiger partial charge in [0.15, 0.2) is 0 Å². The summed E-state index contributed by atoms with van der Waals surface area (Å²) in [5.41, 5.74) is -1.19. The van der Waals surface area contributed by atoms with Crippen molar-refractivity contribution in [2.45, 2.75) is 25.8 Å². The molecule has 0 radical (unpaired) electrons. The Bertz CT molecular complexity index is 220. The molecule has 0 saturated carbocycles. The number of nitriles is 1. The quantitative estimate of drug-likeness (QED) is 0.630. The van der Waals surface area contributed by atoms with Crippen LogP contribution in [0.1, 0.15) is 13.8 Å². The predicted octanol–water partition coefficient (Wildman–Crippen LogP) is 1.01. The summed E-state index contributed by atoms with van der Waals surface area (Å²) in [4.78, 5) is 11.4. The van der Waals surface area contributed by atoms with Crippen molar-refractivity contribution in [3.8, 4) is 6.07 Å². The number of amides is 1. The van der Waals surface area contributed by atoms with E-state index in [1.54, 1.807) is 6.07 Å². The molecule has 0 unspecified atom stereocenters. The van der Waals surface area contributed by atoms with E-state index in [0.717, 1.165) is 4.90 Å². The van der Waals surface area contributed by atoms with Crippen LogP contribution in [-0.4, -0.2) is 29.8 Å². The molecule has 0 saturated heterocycles. The van der Waals surface area contributed by atoms with Gasteiger partial charge in [0.25, 0.3) is 5.91 Å². The number of nitrogens with zero attached hydrogens (tertiary/aromatic N) is 2. The van der Waals surface area contributed by atoms with E-state index in [0.29, 0.717) is 0 Å². The largest absolute Gasteiger partial charge is 0.323 e. The summed E-state index contributed by atoms with van der Waals surface area (Å²) in [7, 11) is 1.18. The number of carbonyl (C=O) groups is 1. The minimum absolute atomic E-state index is 0.734. The summed E-state index contributed by atoms with van der Waals surface area (Å²) in [5, 5.41) is 8.51. The topological polar surface area (TPSA) is 44.1 Å². The van der Waals surface area contributed by atoms with Gasteiger partial charge >= 0.3 is 6.43 Å². The third-order valence-corrected chi connectivity index (χ3v) is 1.63. The van der Waals surface area contributed by atoms with Crippen molar-refractivity contribution in [1.29, 1.82) is 5.26 Å². The number of halogens is 2. The summed E-state index contributed by atoms with van der Waals surface area (Å²) in [6.07, 6.45) is -3.05. The average molecular weight is 176 g/mol. The molecule has 0 aliphatic rings. The number of hydrogen-bond acceptors (Lipinski definition) is 2. The standard InChI is InChI=1S/C7H10F2N2O/c1-7(2,4-10)11(3)6(12)5(8)9/h5H,1-3H3. The lowest BCUT2D eigenvalue weighted by Gasteiger charge is -2.28. The van der Waals surface area contributed by atoms with Crippen molar-refractivity contribution < 1.29 is 13.6 Å². The third kappa shape index (κ3) is 2.16. The van der Waals surface area contributed by atoms with Gasteiger partial charge in [-0.1, -0.05) is 0 Å². The number of rotatable bonds is 2. The van der Waals surface area contributed by atoms with E-state index in [4.69, 9.17) is 5.26 Å². The van der Waals surface area contributed by atoms with Gasteiger partial charge in [0.1, 0.15) is 5.54 Å². The molecule has 0 aromatic heterocycles. The second-order valence-corrected chi connectivity index (χ2v) is 2.87. The Hall–Kier alpha value is -1.18. The second kappa shape index (κ2) is 3.48. The van der Waals surface area contributed by atoms with E-state index in [2.05, 4.69) is 0 Å². The zero-order valence-corrected chi connectivity index (χ0v) is 7.14. The molecular formula is C7H10F2N2O. The van der Waals surface area contributed by atoms with E-state index in [1.165, 1.54) is 20.9 Å². The van der Waals surface area contributed by atoms with Gasteiger partial charge in [0, 0.05) is 7.05 Å². The van der Waals surface area contributed by atoms with Crippen LogP contribution >= 0.6 is 0 Å². The van der Waals surface area contributed by atoms with Gasteiger partial charge < -0.3 is 4.90 Å². The lowest BCUT2D eigenvalue weighted by atomic mass is 10.1. The molecule has 0 aliphatic heterocycles.